The second-order valence-corrected chi connectivity index (χ2v) is 7.60. The third-order valence-corrected chi connectivity index (χ3v) is 5.13. The Bertz CT molecular complexity index is 802. The Labute approximate surface area is 174 Å². The Kier molecular flexibility index (Phi) is 6.70. The zero-order valence-electron chi connectivity index (χ0n) is 15.6. The molecule has 2 heterocycles. The van der Waals surface area contributed by atoms with Gasteiger partial charge in [0, 0.05) is 48.1 Å². The molecule has 3 rings (SSSR count). The molecule has 1 aromatic carbocycles. The van der Waals surface area contributed by atoms with E-state index in [0.29, 0.717) is 22.4 Å². The maximum absolute atomic E-state index is 12.6. The second-order valence-electron chi connectivity index (χ2n) is 6.73. The average molecular weight is 423 g/mol. The molecule has 1 aromatic rings. The zero-order valence-corrected chi connectivity index (χ0v) is 17.1. The molecule has 7 nitrogen and oxygen atoms in total. The van der Waals surface area contributed by atoms with Crippen LogP contribution in [-0.2, 0) is 4.79 Å². The summed E-state index contributed by atoms with van der Waals surface area (Å²) in [5, 5.41) is 21.5. The van der Waals surface area contributed by atoms with Crippen molar-refractivity contribution < 1.29 is 4.79 Å². The average Bonchev–Trinajstić information content (AvgIpc) is 3.09. The molecule has 150 valence electrons. The van der Waals surface area contributed by atoms with Gasteiger partial charge in [0.15, 0.2) is 0 Å². The SMILES string of the molecule is CN/C(N[C@H]1CCCN(C(=O)CNc2cc(Cl)cc(Cl)c2)C1)=C1/C=CNC1=N. The number of nitrogens with one attached hydrogen (secondary N) is 5. The van der Waals surface area contributed by atoms with Crippen molar-refractivity contribution in [1.29, 1.82) is 5.41 Å². The summed E-state index contributed by atoms with van der Waals surface area (Å²) in [7, 11) is 1.82. The van der Waals surface area contributed by atoms with Crippen LogP contribution < -0.4 is 21.3 Å². The van der Waals surface area contributed by atoms with Crippen LogP contribution in [0.1, 0.15) is 12.8 Å². The second kappa shape index (κ2) is 9.21. The topological polar surface area (TPSA) is 92.3 Å². The van der Waals surface area contributed by atoms with E-state index in [0.717, 1.165) is 36.5 Å². The maximum Gasteiger partial charge on any atom is 0.241 e. The van der Waals surface area contributed by atoms with Crippen LogP contribution in [0.3, 0.4) is 0 Å². The minimum Gasteiger partial charge on any atom is -0.376 e. The van der Waals surface area contributed by atoms with Gasteiger partial charge in [-0.05, 0) is 37.1 Å². The van der Waals surface area contributed by atoms with Crippen LogP contribution in [0.25, 0.3) is 0 Å². The molecule has 0 saturated carbocycles. The summed E-state index contributed by atoms with van der Waals surface area (Å²) in [6.45, 7) is 1.53. The van der Waals surface area contributed by atoms with Crippen molar-refractivity contribution in [2.24, 2.45) is 0 Å². The van der Waals surface area contributed by atoms with Gasteiger partial charge in [-0.1, -0.05) is 23.2 Å². The van der Waals surface area contributed by atoms with E-state index in [2.05, 4.69) is 21.3 Å². The molecule has 2 aliphatic heterocycles. The highest BCUT2D eigenvalue weighted by Gasteiger charge is 2.25. The predicted molar refractivity (Wildman–Crippen MR) is 114 cm³/mol. The van der Waals surface area contributed by atoms with Crippen molar-refractivity contribution in [3.05, 3.63) is 51.9 Å². The molecule has 0 bridgehead atoms. The largest absolute Gasteiger partial charge is 0.376 e. The van der Waals surface area contributed by atoms with Gasteiger partial charge in [0.2, 0.25) is 5.91 Å². The third kappa shape index (κ3) is 5.11. The van der Waals surface area contributed by atoms with E-state index in [1.807, 2.05) is 18.0 Å². The number of carbonyl (C=O) groups is 1. The van der Waals surface area contributed by atoms with Crippen molar-refractivity contribution >= 4 is 40.6 Å². The summed E-state index contributed by atoms with van der Waals surface area (Å²) >= 11 is 12.0. The lowest BCUT2D eigenvalue weighted by Crippen LogP contribution is -2.50. The van der Waals surface area contributed by atoms with Gasteiger partial charge in [0.05, 0.1) is 12.1 Å². The molecule has 9 heteroatoms. The van der Waals surface area contributed by atoms with Gasteiger partial charge in [-0.2, -0.15) is 0 Å². The van der Waals surface area contributed by atoms with Crippen LogP contribution in [0.4, 0.5) is 5.69 Å². The highest BCUT2D eigenvalue weighted by Crippen LogP contribution is 2.22. The van der Waals surface area contributed by atoms with Crippen molar-refractivity contribution in [1.82, 2.24) is 20.9 Å². The van der Waals surface area contributed by atoms with E-state index in [4.69, 9.17) is 28.6 Å². The molecular formula is C19H24Cl2N6O. The van der Waals surface area contributed by atoms with Crippen LogP contribution in [0, 0.1) is 5.41 Å². The number of amidine groups is 1. The Balaban J connectivity index is 1.57. The first-order chi connectivity index (χ1) is 13.5. The summed E-state index contributed by atoms with van der Waals surface area (Å²) in [5.74, 6) is 1.17. The van der Waals surface area contributed by atoms with Crippen molar-refractivity contribution in [2.45, 2.75) is 18.9 Å². The number of rotatable bonds is 6. The molecule has 1 atom stereocenters. The van der Waals surface area contributed by atoms with Crippen molar-refractivity contribution in [2.75, 3.05) is 32.0 Å². The molecular weight excluding hydrogens is 399 g/mol. The Morgan fingerprint density at radius 3 is 2.71 bits per heavy atom. The van der Waals surface area contributed by atoms with Gasteiger partial charge >= 0.3 is 0 Å². The van der Waals surface area contributed by atoms with E-state index < -0.39 is 0 Å². The lowest BCUT2D eigenvalue weighted by molar-refractivity contribution is -0.130. The quantitative estimate of drug-likeness (QED) is 0.485. The summed E-state index contributed by atoms with van der Waals surface area (Å²) in [6.07, 6.45) is 5.47. The number of likely N-dealkylation sites (tertiary alicyclic amines) is 1. The molecule has 0 aromatic heterocycles. The normalized spacial score (nSPS) is 20.6. The number of hydrogen-bond donors (Lipinski definition) is 5. The van der Waals surface area contributed by atoms with Crippen molar-refractivity contribution in [3.63, 3.8) is 0 Å². The molecule has 0 spiro atoms. The number of halogens is 2. The Morgan fingerprint density at radius 1 is 1.32 bits per heavy atom. The Hall–Kier alpha value is -2.38. The Morgan fingerprint density at radius 2 is 2.07 bits per heavy atom. The number of amides is 1. The lowest BCUT2D eigenvalue weighted by atomic mass is 10.1. The highest BCUT2D eigenvalue weighted by atomic mass is 35.5. The fourth-order valence-electron chi connectivity index (χ4n) is 3.33. The van der Waals surface area contributed by atoms with Crippen molar-refractivity contribution in [3.8, 4) is 0 Å². The number of benzene rings is 1. The molecule has 0 aliphatic carbocycles. The fraction of sp³-hybridized carbons (Fsp3) is 0.368. The molecule has 2 aliphatic rings. The van der Waals surface area contributed by atoms with Crippen LogP contribution in [-0.4, -0.2) is 49.4 Å². The first-order valence-electron chi connectivity index (χ1n) is 9.14. The van der Waals surface area contributed by atoms with E-state index >= 15 is 0 Å². The molecule has 5 N–H and O–H groups in total. The van der Waals surface area contributed by atoms with Gasteiger partial charge in [-0.15, -0.1) is 0 Å². The first-order valence-corrected chi connectivity index (χ1v) is 9.90. The van der Waals surface area contributed by atoms with Crippen LogP contribution in [0.5, 0.6) is 0 Å². The fourth-order valence-corrected chi connectivity index (χ4v) is 3.86. The highest BCUT2D eigenvalue weighted by molar-refractivity contribution is 6.35. The van der Waals surface area contributed by atoms with Gasteiger partial charge < -0.3 is 26.2 Å². The van der Waals surface area contributed by atoms with E-state index in [9.17, 15) is 4.79 Å². The van der Waals surface area contributed by atoms with Gasteiger partial charge in [-0.3, -0.25) is 10.2 Å². The maximum atomic E-state index is 12.6. The van der Waals surface area contributed by atoms with Crippen LogP contribution >= 0.6 is 23.2 Å². The standard InChI is InChI=1S/C19H24Cl2N6O/c1-23-19(16-4-5-24-18(16)22)26-14-3-2-6-27(11-14)17(28)10-25-15-8-12(20)7-13(21)9-15/h4-5,7-9,14,23,25-26H,2-3,6,10-11H2,1H3,(H2,22,24)/b19-16+/t14-/m0/s1. The number of nitrogens with zero attached hydrogens (tertiary/aromatic N) is 1. The molecule has 0 unspecified atom stereocenters. The van der Waals surface area contributed by atoms with Gasteiger partial charge in [0.25, 0.3) is 0 Å². The first kappa shape index (κ1) is 20.4. The molecule has 0 radical (unpaired) electrons. The summed E-state index contributed by atoms with van der Waals surface area (Å²) < 4.78 is 0. The van der Waals surface area contributed by atoms with Crippen LogP contribution in [0.15, 0.2) is 41.9 Å². The summed E-state index contributed by atoms with van der Waals surface area (Å²) in [4.78, 5) is 14.5. The smallest absolute Gasteiger partial charge is 0.241 e. The minimum atomic E-state index is 0.0245. The zero-order chi connectivity index (χ0) is 20.1. The van der Waals surface area contributed by atoms with Gasteiger partial charge in [0.1, 0.15) is 11.7 Å². The lowest BCUT2D eigenvalue weighted by Gasteiger charge is -2.34. The molecule has 28 heavy (non-hydrogen) atoms. The number of hydrogen-bond acceptors (Lipinski definition) is 5. The molecule has 1 fully saturated rings. The molecule has 1 amide bonds. The number of anilines is 1. The van der Waals surface area contributed by atoms with E-state index in [-0.39, 0.29) is 18.5 Å². The third-order valence-electron chi connectivity index (χ3n) is 4.70. The van der Waals surface area contributed by atoms with E-state index in [1.54, 1.807) is 24.4 Å². The number of piperidine rings is 1. The van der Waals surface area contributed by atoms with Gasteiger partial charge in [-0.25, -0.2) is 0 Å². The summed E-state index contributed by atoms with van der Waals surface area (Å²) in [6, 6.07) is 5.25. The van der Waals surface area contributed by atoms with E-state index in [1.165, 1.54) is 0 Å². The minimum absolute atomic E-state index is 0.0245. The number of carbonyl (C=O) groups excluding carboxylic acids is 1. The van der Waals surface area contributed by atoms with Crippen LogP contribution in [0.2, 0.25) is 10.0 Å². The predicted octanol–water partition coefficient (Wildman–Crippen LogP) is 2.51. The summed E-state index contributed by atoms with van der Waals surface area (Å²) in [5.41, 5.74) is 1.50. The monoisotopic (exact) mass is 422 g/mol. The molecule has 1 saturated heterocycles.